The third kappa shape index (κ3) is 1.82. The molecule has 0 aliphatic carbocycles. The zero-order valence-corrected chi connectivity index (χ0v) is 8.42. The first-order chi connectivity index (χ1) is 6.92. The number of hydrogen-bond donors (Lipinski definition) is 2. The summed E-state index contributed by atoms with van der Waals surface area (Å²) in [6, 6.07) is 10.1. The van der Waals surface area contributed by atoms with E-state index < -0.39 is 0 Å². The van der Waals surface area contributed by atoms with Crippen LogP contribution in [0.3, 0.4) is 0 Å². The van der Waals surface area contributed by atoms with Crippen LogP contribution in [0.5, 0.6) is 0 Å². The first-order valence-electron chi connectivity index (χ1n) is 4.33. The number of hydrogen-bond acceptors (Lipinski definition) is 4. The number of nitrogens with two attached hydrogens (primary N) is 1. The van der Waals surface area contributed by atoms with Crippen molar-refractivity contribution < 1.29 is 0 Å². The van der Waals surface area contributed by atoms with Crippen molar-refractivity contribution in [1.29, 1.82) is 0 Å². The van der Waals surface area contributed by atoms with E-state index in [1.54, 1.807) is 11.3 Å². The molecule has 1 aromatic carbocycles. The van der Waals surface area contributed by atoms with Gasteiger partial charge < -0.3 is 0 Å². The third-order valence-corrected chi connectivity index (χ3v) is 2.78. The van der Waals surface area contributed by atoms with Gasteiger partial charge in [0.05, 0.1) is 11.2 Å². The van der Waals surface area contributed by atoms with Crippen LogP contribution in [-0.2, 0) is 6.54 Å². The number of benzene rings is 1. The van der Waals surface area contributed by atoms with Crippen LogP contribution in [-0.4, -0.2) is 4.98 Å². The third-order valence-electron chi connectivity index (χ3n) is 1.95. The van der Waals surface area contributed by atoms with Gasteiger partial charge in [-0.15, -0.1) is 11.3 Å². The fourth-order valence-electron chi connectivity index (χ4n) is 1.32. The Labute approximate surface area is 86.6 Å². The van der Waals surface area contributed by atoms with E-state index >= 15 is 0 Å². The highest BCUT2D eigenvalue weighted by Gasteiger charge is 2.06. The van der Waals surface area contributed by atoms with Gasteiger partial charge >= 0.3 is 0 Å². The second-order valence-electron chi connectivity index (χ2n) is 2.87. The molecule has 0 saturated heterocycles. The second-order valence-corrected chi connectivity index (χ2v) is 3.81. The highest BCUT2D eigenvalue weighted by molar-refractivity contribution is 7.10. The summed E-state index contributed by atoms with van der Waals surface area (Å²) in [6.45, 7) is 0.662. The van der Waals surface area contributed by atoms with Crippen molar-refractivity contribution in [3.8, 4) is 11.3 Å². The molecular formula is C10H11N3S. The quantitative estimate of drug-likeness (QED) is 0.593. The van der Waals surface area contributed by atoms with Crippen molar-refractivity contribution >= 4 is 11.3 Å². The van der Waals surface area contributed by atoms with Crippen LogP contribution in [0.4, 0.5) is 0 Å². The molecule has 72 valence electrons. The summed E-state index contributed by atoms with van der Waals surface area (Å²) in [5, 5.41) is 0. The SMILES string of the molecule is NNCc1scnc1-c1ccccc1. The standard InChI is InChI=1S/C10H11N3S/c11-13-6-9-10(12-7-14-9)8-4-2-1-3-5-8/h1-5,7,13H,6,11H2. The lowest BCUT2D eigenvalue weighted by molar-refractivity contribution is 0.751. The number of aromatic nitrogens is 1. The van der Waals surface area contributed by atoms with Gasteiger partial charge in [-0.25, -0.2) is 4.98 Å². The largest absolute Gasteiger partial charge is 0.271 e. The molecular weight excluding hydrogens is 194 g/mol. The molecule has 0 atom stereocenters. The highest BCUT2D eigenvalue weighted by Crippen LogP contribution is 2.24. The summed E-state index contributed by atoms with van der Waals surface area (Å²) in [4.78, 5) is 5.49. The maximum atomic E-state index is 5.30. The maximum Gasteiger partial charge on any atom is 0.0856 e. The minimum absolute atomic E-state index is 0.662. The molecule has 0 aliphatic heterocycles. The van der Waals surface area contributed by atoms with Crippen LogP contribution in [0.25, 0.3) is 11.3 Å². The van der Waals surface area contributed by atoms with Crippen molar-refractivity contribution in [2.24, 2.45) is 5.84 Å². The van der Waals surface area contributed by atoms with E-state index in [0.717, 1.165) is 11.3 Å². The van der Waals surface area contributed by atoms with Gasteiger partial charge in [-0.2, -0.15) is 0 Å². The molecule has 3 N–H and O–H groups in total. The summed E-state index contributed by atoms with van der Waals surface area (Å²) in [6.07, 6.45) is 0. The van der Waals surface area contributed by atoms with Crippen molar-refractivity contribution in [1.82, 2.24) is 10.4 Å². The Morgan fingerprint density at radius 3 is 2.79 bits per heavy atom. The molecule has 0 aliphatic rings. The molecule has 1 heterocycles. The normalized spacial score (nSPS) is 10.4. The lowest BCUT2D eigenvalue weighted by atomic mass is 10.1. The highest BCUT2D eigenvalue weighted by atomic mass is 32.1. The van der Waals surface area contributed by atoms with Gasteiger partial charge in [-0.05, 0) is 0 Å². The zero-order chi connectivity index (χ0) is 9.80. The van der Waals surface area contributed by atoms with Gasteiger partial charge in [-0.1, -0.05) is 30.3 Å². The average molecular weight is 205 g/mol. The summed E-state index contributed by atoms with van der Waals surface area (Å²) < 4.78 is 0. The Morgan fingerprint density at radius 2 is 2.07 bits per heavy atom. The Morgan fingerprint density at radius 1 is 1.29 bits per heavy atom. The molecule has 1 aromatic heterocycles. The molecule has 0 radical (unpaired) electrons. The van der Waals surface area contributed by atoms with Crippen LogP contribution in [0.15, 0.2) is 35.8 Å². The van der Waals surface area contributed by atoms with E-state index in [0.29, 0.717) is 6.54 Å². The number of nitrogens with one attached hydrogen (secondary N) is 1. The fourth-order valence-corrected chi connectivity index (χ4v) is 2.05. The Kier molecular flexibility index (Phi) is 2.88. The smallest absolute Gasteiger partial charge is 0.0856 e. The van der Waals surface area contributed by atoms with E-state index in [4.69, 9.17) is 5.84 Å². The van der Waals surface area contributed by atoms with Gasteiger partial charge in [0, 0.05) is 17.0 Å². The van der Waals surface area contributed by atoms with Crippen LogP contribution in [0.2, 0.25) is 0 Å². The summed E-state index contributed by atoms with van der Waals surface area (Å²) >= 11 is 1.62. The first-order valence-corrected chi connectivity index (χ1v) is 5.21. The van der Waals surface area contributed by atoms with E-state index in [2.05, 4.69) is 22.5 Å². The molecule has 3 nitrogen and oxygen atoms in total. The van der Waals surface area contributed by atoms with Crippen LogP contribution in [0, 0.1) is 0 Å². The molecule has 14 heavy (non-hydrogen) atoms. The van der Waals surface area contributed by atoms with Crippen LogP contribution in [0.1, 0.15) is 4.88 Å². The van der Waals surface area contributed by atoms with Crippen LogP contribution < -0.4 is 11.3 Å². The van der Waals surface area contributed by atoms with Crippen molar-refractivity contribution in [2.45, 2.75) is 6.54 Å². The summed E-state index contributed by atoms with van der Waals surface area (Å²) in [5.74, 6) is 5.30. The van der Waals surface area contributed by atoms with Gasteiger partial charge in [0.2, 0.25) is 0 Å². The second kappa shape index (κ2) is 4.32. The lowest BCUT2D eigenvalue weighted by Crippen LogP contribution is -2.20. The summed E-state index contributed by atoms with van der Waals surface area (Å²) in [7, 11) is 0. The predicted molar refractivity (Wildman–Crippen MR) is 58.6 cm³/mol. The minimum Gasteiger partial charge on any atom is -0.271 e. The Hall–Kier alpha value is -1.23. The van der Waals surface area contributed by atoms with E-state index in [1.807, 2.05) is 23.7 Å². The number of nitrogens with zero attached hydrogens (tertiary/aromatic N) is 1. The van der Waals surface area contributed by atoms with Gasteiger partial charge in [-0.3, -0.25) is 11.3 Å². The van der Waals surface area contributed by atoms with E-state index in [-0.39, 0.29) is 0 Å². The molecule has 0 fully saturated rings. The van der Waals surface area contributed by atoms with E-state index in [9.17, 15) is 0 Å². The Bertz CT molecular complexity index is 397. The molecule has 0 unspecified atom stereocenters. The zero-order valence-electron chi connectivity index (χ0n) is 7.60. The molecule has 0 saturated carbocycles. The Balaban J connectivity index is 2.37. The van der Waals surface area contributed by atoms with Gasteiger partial charge in [0.1, 0.15) is 0 Å². The molecule has 2 rings (SSSR count). The lowest BCUT2D eigenvalue weighted by Gasteiger charge is -2.00. The van der Waals surface area contributed by atoms with Crippen molar-refractivity contribution in [2.75, 3.05) is 0 Å². The number of rotatable bonds is 3. The predicted octanol–water partition coefficient (Wildman–Crippen LogP) is 1.77. The maximum absolute atomic E-state index is 5.30. The number of hydrazine groups is 1. The monoisotopic (exact) mass is 205 g/mol. The van der Waals surface area contributed by atoms with Crippen LogP contribution >= 0.6 is 11.3 Å². The first kappa shape index (κ1) is 9.33. The molecule has 0 spiro atoms. The molecule has 0 amide bonds. The van der Waals surface area contributed by atoms with Gasteiger partial charge in [0.15, 0.2) is 0 Å². The number of thiazole rings is 1. The fraction of sp³-hybridized carbons (Fsp3) is 0.100. The van der Waals surface area contributed by atoms with Crippen molar-refractivity contribution in [3.63, 3.8) is 0 Å². The summed E-state index contributed by atoms with van der Waals surface area (Å²) in [5.41, 5.74) is 6.65. The molecule has 4 heteroatoms. The topological polar surface area (TPSA) is 50.9 Å². The minimum atomic E-state index is 0.662. The molecule has 2 aromatic rings. The molecule has 0 bridgehead atoms. The van der Waals surface area contributed by atoms with Gasteiger partial charge in [0.25, 0.3) is 0 Å². The average Bonchev–Trinajstić information content (AvgIpc) is 2.68. The van der Waals surface area contributed by atoms with Crippen molar-refractivity contribution in [3.05, 3.63) is 40.7 Å². The van der Waals surface area contributed by atoms with E-state index in [1.165, 1.54) is 4.88 Å².